The first kappa shape index (κ1) is 16.5. The molecule has 0 radical (unpaired) electrons. The summed E-state index contributed by atoms with van der Waals surface area (Å²) in [6.45, 7) is 11.6. The molecule has 1 atom stereocenters. The third-order valence-corrected chi connectivity index (χ3v) is 5.33. The number of carbonyl (C=O) groups is 1. The van der Waals surface area contributed by atoms with Crippen molar-refractivity contribution < 1.29 is 4.79 Å². The zero-order valence-corrected chi connectivity index (χ0v) is 14.5. The molecule has 23 heavy (non-hydrogen) atoms. The minimum atomic E-state index is 0.182. The molecule has 126 valence electrons. The molecule has 1 amide bonds. The first-order valence-electron chi connectivity index (χ1n) is 8.91. The lowest BCUT2D eigenvalue weighted by Gasteiger charge is -2.38. The van der Waals surface area contributed by atoms with E-state index in [-0.39, 0.29) is 5.91 Å². The first-order chi connectivity index (χ1) is 11.1. The van der Waals surface area contributed by atoms with Gasteiger partial charge in [-0.1, -0.05) is 26.0 Å². The largest absolute Gasteiger partial charge is 0.336 e. The van der Waals surface area contributed by atoms with Crippen molar-refractivity contribution in [3.05, 3.63) is 35.4 Å². The van der Waals surface area contributed by atoms with Gasteiger partial charge in [0.1, 0.15) is 0 Å². The number of rotatable bonds is 4. The van der Waals surface area contributed by atoms with Gasteiger partial charge in [-0.25, -0.2) is 0 Å². The molecule has 1 unspecified atom stereocenters. The van der Waals surface area contributed by atoms with Gasteiger partial charge in [-0.15, -0.1) is 0 Å². The van der Waals surface area contributed by atoms with Crippen molar-refractivity contribution in [3.63, 3.8) is 0 Å². The molecule has 4 nitrogen and oxygen atoms in total. The van der Waals surface area contributed by atoms with Crippen LogP contribution in [0, 0.1) is 5.41 Å². The summed E-state index contributed by atoms with van der Waals surface area (Å²) in [5.74, 6) is 0.182. The highest BCUT2D eigenvalue weighted by Crippen LogP contribution is 2.26. The number of aryl methyl sites for hydroxylation is 1. The number of piperazine rings is 1. The molecule has 2 aliphatic heterocycles. The lowest BCUT2D eigenvalue weighted by Crippen LogP contribution is -2.51. The van der Waals surface area contributed by atoms with Gasteiger partial charge in [0.2, 0.25) is 0 Å². The van der Waals surface area contributed by atoms with Gasteiger partial charge >= 0.3 is 0 Å². The van der Waals surface area contributed by atoms with Gasteiger partial charge in [-0.05, 0) is 42.5 Å². The highest BCUT2D eigenvalue weighted by atomic mass is 16.2. The zero-order chi connectivity index (χ0) is 16.3. The molecule has 0 bridgehead atoms. The Morgan fingerprint density at radius 2 is 1.87 bits per heavy atom. The van der Waals surface area contributed by atoms with Crippen molar-refractivity contribution in [1.29, 1.82) is 0 Å². The number of hydrogen-bond acceptors (Lipinski definition) is 3. The third-order valence-electron chi connectivity index (χ3n) is 5.33. The number of benzene rings is 1. The van der Waals surface area contributed by atoms with Crippen LogP contribution in [-0.4, -0.2) is 61.5 Å². The standard InChI is InChI=1S/C19H29N3O/c1-3-16-4-6-17(7-5-16)18(23)22-12-10-21(11-13-22)15-19(2)8-9-20-14-19/h4-7,20H,3,8-15H2,1-2H3. The van der Waals surface area contributed by atoms with Crippen molar-refractivity contribution in [3.8, 4) is 0 Å². The third kappa shape index (κ3) is 3.93. The quantitative estimate of drug-likeness (QED) is 0.923. The van der Waals surface area contributed by atoms with Crippen LogP contribution in [0.25, 0.3) is 0 Å². The van der Waals surface area contributed by atoms with Gasteiger partial charge in [-0.3, -0.25) is 9.69 Å². The molecule has 0 aliphatic carbocycles. The van der Waals surface area contributed by atoms with E-state index in [2.05, 4.69) is 36.2 Å². The van der Waals surface area contributed by atoms with Crippen LogP contribution in [0.1, 0.15) is 36.2 Å². The summed E-state index contributed by atoms with van der Waals surface area (Å²) >= 11 is 0. The minimum Gasteiger partial charge on any atom is -0.336 e. The van der Waals surface area contributed by atoms with Gasteiger partial charge in [0, 0.05) is 44.8 Å². The number of nitrogens with one attached hydrogen (secondary N) is 1. The summed E-state index contributed by atoms with van der Waals surface area (Å²) in [4.78, 5) is 17.1. The molecule has 0 aromatic heterocycles. The van der Waals surface area contributed by atoms with Crippen molar-refractivity contribution in [2.75, 3.05) is 45.8 Å². The van der Waals surface area contributed by atoms with Crippen LogP contribution in [0.3, 0.4) is 0 Å². The van der Waals surface area contributed by atoms with Crippen LogP contribution in [-0.2, 0) is 6.42 Å². The van der Waals surface area contributed by atoms with Crippen molar-refractivity contribution in [1.82, 2.24) is 15.1 Å². The Balaban J connectivity index is 1.52. The summed E-state index contributed by atoms with van der Waals surface area (Å²) in [5.41, 5.74) is 2.51. The second kappa shape index (κ2) is 7.02. The summed E-state index contributed by atoms with van der Waals surface area (Å²) in [5, 5.41) is 3.47. The topological polar surface area (TPSA) is 35.6 Å². The van der Waals surface area contributed by atoms with Crippen molar-refractivity contribution >= 4 is 5.91 Å². The van der Waals surface area contributed by atoms with E-state index in [1.54, 1.807) is 0 Å². The summed E-state index contributed by atoms with van der Waals surface area (Å²) in [6.07, 6.45) is 2.27. The zero-order valence-electron chi connectivity index (χ0n) is 14.5. The molecule has 2 fully saturated rings. The number of nitrogens with zero attached hydrogens (tertiary/aromatic N) is 2. The molecule has 2 aliphatic rings. The maximum absolute atomic E-state index is 12.6. The maximum atomic E-state index is 12.6. The fourth-order valence-electron chi connectivity index (χ4n) is 3.72. The Hall–Kier alpha value is -1.39. The SMILES string of the molecule is CCc1ccc(C(=O)N2CCN(CC3(C)CCNC3)CC2)cc1. The van der Waals surface area contributed by atoms with Gasteiger partial charge in [0.25, 0.3) is 5.91 Å². The van der Waals surface area contributed by atoms with E-state index < -0.39 is 0 Å². The molecule has 0 spiro atoms. The molecule has 4 heteroatoms. The molecule has 2 saturated heterocycles. The molecular formula is C19H29N3O. The van der Waals surface area contributed by atoms with E-state index in [9.17, 15) is 4.79 Å². The number of hydrogen-bond donors (Lipinski definition) is 1. The van der Waals surface area contributed by atoms with Crippen molar-refractivity contribution in [2.24, 2.45) is 5.41 Å². The van der Waals surface area contributed by atoms with Gasteiger partial charge in [0.15, 0.2) is 0 Å². The second-order valence-corrected chi connectivity index (χ2v) is 7.36. The average molecular weight is 315 g/mol. The Kier molecular flexibility index (Phi) is 5.02. The van der Waals surface area contributed by atoms with Crippen LogP contribution >= 0.6 is 0 Å². The molecule has 1 aromatic rings. The Morgan fingerprint density at radius 1 is 1.17 bits per heavy atom. The summed E-state index contributed by atoms with van der Waals surface area (Å²) < 4.78 is 0. The number of carbonyl (C=O) groups excluding carboxylic acids is 1. The van der Waals surface area contributed by atoms with E-state index in [0.29, 0.717) is 5.41 Å². The Labute approximate surface area is 139 Å². The van der Waals surface area contributed by atoms with Gasteiger partial charge in [-0.2, -0.15) is 0 Å². The highest BCUT2D eigenvalue weighted by molar-refractivity contribution is 5.94. The second-order valence-electron chi connectivity index (χ2n) is 7.36. The summed E-state index contributed by atoms with van der Waals surface area (Å²) in [6, 6.07) is 8.08. The fourth-order valence-corrected chi connectivity index (χ4v) is 3.72. The molecule has 1 N–H and O–H groups in total. The van der Waals surface area contributed by atoms with Crippen molar-refractivity contribution in [2.45, 2.75) is 26.7 Å². The maximum Gasteiger partial charge on any atom is 0.253 e. The van der Waals surface area contributed by atoms with E-state index in [4.69, 9.17) is 0 Å². The predicted octanol–water partition coefficient (Wildman–Crippen LogP) is 2.01. The van der Waals surface area contributed by atoms with Crippen LogP contribution in [0.15, 0.2) is 24.3 Å². The highest BCUT2D eigenvalue weighted by Gasteiger charge is 2.32. The normalized spacial score (nSPS) is 25.7. The predicted molar refractivity (Wildman–Crippen MR) is 93.8 cm³/mol. The lowest BCUT2D eigenvalue weighted by molar-refractivity contribution is 0.0581. The van der Waals surface area contributed by atoms with E-state index in [0.717, 1.165) is 57.8 Å². The first-order valence-corrected chi connectivity index (χ1v) is 8.91. The van der Waals surface area contributed by atoms with E-state index >= 15 is 0 Å². The summed E-state index contributed by atoms with van der Waals surface area (Å²) in [7, 11) is 0. The minimum absolute atomic E-state index is 0.182. The Bertz CT molecular complexity index is 526. The van der Waals surface area contributed by atoms with Crippen LogP contribution < -0.4 is 5.32 Å². The van der Waals surface area contributed by atoms with Crippen LogP contribution in [0.2, 0.25) is 0 Å². The average Bonchev–Trinajstić information content (AvgIpc) is 3.01. The smallest absolute Gasteiger partial charge is 0.253 e. The monoisotopic (exact) mass is 315 g/mol. The molecular weight excluding hydrogens is 286 g/mol. The Morgan fingerprint density at radius 3 is 2.43 bits per heavy atom. The van der Waals surface area contributed by atoms with E-state index in [1.807, 2.05) is 17.0 Å². The number of amides is 1. The fraction of sp³-hybridized carbons (Fsp3) is 0.632. The lowest BCUT2D eigenvalue weighted by atomic mass is 9.89. The van der Waals surface area contributed by atoms with Crippen LogP contribution in [0.4, 0.5) is 0 Å². The van der Waals surface area contributed by atoms with Gasteiger partial charge < -0.3 is 10.2 Å². The molecule has 0 saturated carbocycles. The van der Waals surface area contributed by atoms with Gasteiger partial charge in [0.05, 0.1) is 0 Å². The molecule has 3 rings (SSSR count). The molecule has 2 heterocycles. The van der Waals surface area contributed by atoms with E-state index in [1.165, 1.54) is 12.0 Å². The van der Waals surface area contributed by atoms with Crippen LogP contribution in [0.5, 0.6) is 0 Å². The molecule has 1 aromatic carbocycles.